The van der Waals surface area contributed by atoms with Crippen molar-refractivity contribution in [1.82, 2.24) is 0 Å². The Kier molecular flexibility index (Phi) is 4.83. The third-order valence-corrected chi connectivity index (χ3v) is 18.0. The minimum atomic E-state index is -1.93. The number of rotatable bonds is 1. The molecule has 212 valence electrons. The minimum absolute atomic E-state index is 0.0136. The second kappa shape index (κ2) is 8.27. The molecule has 0 saturated heterocycles. The van der Waals surface area contributed by atoms with Crippen molar-refractivity contribution in [1.29, 1.82) is 0 Å². The second-order valence-electron chi connectivity index (χ2n) is 14.5. The van der Waals surface area contributed by atoms with E-state index in [0.717, 1.165) is 11.8 Å². The van der Waals surface area contributed by atoms with Crippen LogP contribution in [-0.4, -0.2) is 34.1 Å². The summed E-state index contributed by atoms with van der Waals surface area (Å²) in [5.41, 5.74) is 7.43. The van der Waals surface area contributed by atoms with E-state index < -0.39 is 8.07 Å². The fourth-order valence-corrected chi connectivity index (χ4v) is 16.2. The van der Waals surface area contributed by atoms with E-state index in [-0.39, 0.29) is 31.5 Å². The van der Waals surface area contributed by atoms with E-state index in [4.69, 9.17) is 0 Å². The molecule has 0 N–H and O–H groups in total. The van der Waals surface area contributed by atoms with Crippen LogP contribution < -0.4 is 15.3 Å². The van der Waals surface area contributed by atoms with E-state index in [1.807, 2.05) is 18.2 Å². The van der Waals surface area contributed by atoms with E-state index in [2.05, 4.69) is 66.5 Å². The van der Waals surface area contributed by atoms with Crippen molar-refractivity contribution in [3.8, 4) is 0 Å². The molecule has 3 aromatic carbocycles. The van der Waals surface area contributed by atoms with Gasteiger partial charge in [-0.25, -0.2) is 0 Å². The molecule has 4 aromatic rings. The number of fused-ring (bicyclic) bond motifs is 5. The number of Topliss-reactive ketones (excluding diaryl/α,β-unsaturated/α-hetero) is 2. The zero-order valence-electron chi connectivity index (χ0n) is 24.5. The molecule has 5 aliphatic carbocycles. The van der Waals surface area contributed by atoms with Gasteiger partial charge in [0.05, 0.1) is 0 Å². The molecule has 4 saturated carbocycles. The molecule has 4 bridgehead atoms. The Labute approximate surface area is 259 Å². The summed E-state index contributed by atoms with van der Waals surface area (Å²) >= 11 is -0.0136. The van der Waals surface area contributed by atoms with Crippen LogP contribution in [0.5, 0.6) is 0 Å². The van der Waals surface area contributed by atoms with Crippen molar-refractivity contribution in [2.45, 2.75) is 50.6 Å². The number of carbonyl (C=O) groups is 2. The van der Waals surface area contributed by atoms with Crippen LogP contribution in [0.4, 0.5) is 15.9 Å². The number of ketones is 2. The van der Waals surface area contributed by atoms with Gasteiger partial charge in [0.15, 0.2) is 0 Å². The second-order valence-corrected chi connectivity index (χ2v) is 21.0. The Morgan fingerprint density at radius 2 is 1.40 bits per heavy atom. The summed E-state index contributed by atoms with van der Waals surface area (Å²) in [5.74, 6) is 2.86. The third kappa shape index (κ3) is 2.97. The van der Waals surface area contributed by atoms with Gasteiger partial charge in [-0.1, -0.05) is 0 Å². The standard InChI is InChI=1S/C38H33NO2SeSi/c1-43(2)32-12-6-5-11-31(32)39-34-29(10-7-13-33(34)43)38(23-15-21-14-22(17-23)18-24(38)16-21)30-20-25(42-37(30)39)19-28-35(40)26-8-3-4-9-27(26)36(28)41/h3-13,19-24H,14-18H2,1-2H3. The number of hydrogen-bond donors (Lipinski definition) is 0. The van der Waals surface area contributed by atoms with Gasteiger partial charge < -0.3 is 0 Å². The molecule has 3 nitrogen and oxygen atoms in total. The van der Waals surface area contributed by atoms with Gasteiger partial charge in [-0.15, -0.1) is 0 Å². The monoisotopic (exact) mass is 643 g/mol. The first-order chi connectivity index (χ1) is 20.9. The number of benzene rings is 3. The van der Waals surface area contributed by atoms with Crippen LogP contribution in [0.1, 0.15) is 68.4 Å². The fraction of sp³-hybridized carbons (Fsp3) is 0.316. The van der Waals surface area contributed by atoms with Crippen molar-refractivity contribution in [3.63, 3.8) is 0 Å². The average molecular weight is 643 g/mol. The first-order valence-electron chi connectivity index (χ1n) is 16.0. The van der Waals surface area contributed by atoms with E-state index >= 15 is 0 Å². The van der Waals surface area contributed by atoms with Crippen molar-refractivity contribution < 1.29 is 9.59 Å². The van der Waals surface area contributed by atoms with Gasteiger partial charge in [0.1, 0.15) is 0 Å². The molecule has 0 unspecified atom stereocenters. The summed E-state index contributed by atoms with van der Waals surface area (Å²) in [4.78, 5) is 29.6. The van der Waals surface area contributed by atoms with Gasteiger partial charge in [0.25, 0.3) is 0 Å². The van der Waals surface area contributed by atoms with Crippen LogP contribution in [0.2, 0.25) is 13.1 Å². The molecule has 43 heavy (non-hydrogen) atoms. The molecule has 11 rings (SSSR count). The number of nitrogens with zero attached hydrogens (tertiary/aromatic N) is 1. The Morgan fingerprint density at radius 3 is 2.09 bits per heavy atom. The molecule has 2 aliphatic heterocycles. The maximum atomic E-state index is 13.5. The van der Waals surface area contributed by atoms with E-state index in [0.29, 0.717) is 28.5 Å². The molecule has 1 aromatic heterocycles. The summed E-state index contributed by atoms with van der Waals surface area (Å²) in [6, 6.07) is 26.2. The molecule has 5 heteroatoms. The summed E-state index contributed by atoms with van der Waals surface area (Å²) in [6.07, 6.45) is 8.78. The quantitative estimate of drug-likeness (QED) is 0.129. The molecule has 3 heterocycles. The molecule has 0 atom stereocenters. The maximum absolute atomic E-state index is 13.5. The van der Waals surface area contributed by atoms with Crippen molar-refractivity contribution in [2.24, 2.45) is 23.7 Å². The topological polar surface area (TPSA) is 37.4 Å². The third-order valence-electron chi connectivity index (χ3n) is 12.2. The Balaban J connectivity index is 1.25. The molecule has 1 spiro atoms. The summed E-state index contributed by atoms with van der Waals surface area (Å²) in [6.45, 7) is 5.07. The van der Waals surface area contributed by atoms with Crippen molar-refractivity contribution >= 4 is 66.5 Å². The predicted octanol–water partition coefficient (Wildman–Crippen LogP) is 6.87. The number of anilines is 3. The Bertz CT molecular complexity index is 1920. The number of carbonyl (C=O) groups excluding carboxylic acids is 2. The Morgan fingerprint density at radius 1 is 0.767 bits per heavy atom. The predicted molar refractivity (Wildman–Crippen MR) is 176 cm³/mol. The van der Waals surface area contributed by atoms with Crippen LogP contribution in [0.15, 0.2) is 78.4 Å². The molecule has 0 amide bonds. The van der Waals surface area contributed by atoms with Gasteiger partial charge in [0, 0.05) is 0 Å². The van der Waals surface area contributed by atoms with Gasteiger partial charge in [-0.2, -0.15) is 0 Å². The van der Waals surface area contributed by atoms with Crippen molar-refractivity contribution in [3.05, 3.63) is 105 Å². The van der Waals surface area contributed by atoms with E-state index in [9.17, 15) is 9.59 Å². The molecular formula is C38H33NO2SeSi. The zero-order valence-corrected chi connectivity index (χ0v) is 27.2. The van der Waals surface area contributed by atoms with E-state index in [1.54, 1.807) is 22.9 Å². The molecular weight excluding hydrogens is 609 g/mol. The number of para-hydroxylation sites is 2. The zero-order chi connectivity index (χ0) is 28.8. The van der Waals surface area contributed by atoms with Crippen LogP contribution in [0.25, 0.3) is 6.08 Å². The van der Waals surface area contributed by atoms with Crippen LogP contribution in [-0.2, 0) is 5.41 Å². The van der Waals surface area contributed by atoms with Crippen molar-refractivity contribution in [2.75, 3.05) is 4.90 Å². The van der Waals surface area contributed by atoms with Gasteiger partial charge >= 0.3 is 260 Å². The molecule has 0 radical (unpaired) electrons. The van der Waals surface area contributed by atoms with Crippen LogP contribution >= 0.6 is 0 Å². The van der Waals surface area contributed by atoms with Crippen LogP contribution in [0, 0.1) is 23.7 Å². The first-order valence-corrected chi connectivity index (χ1v) is 20.7. The van der Waals surface area contributed by atoms with Gasteiger partial charge in [-0.3, -0.25) is 0 Å². The normalized spacial score (nSPS) is 29.9. The number of allylic oxidation sites excluding steroid dienone is 1. The van der Waals surface area contributed by atoms with E-state index in [1.165, 1.54) is 63.2 Å². The summed E-state index contributed by atoms with van der Waals surface area (Å²) in [5, 5.41) is 3.08. The summed E-state index contributed by atoms with van der Waals surface area (Å²) < 4.78 is 2.63. The molecule has 7 aliphatic rings. The van der Waals surface area contributed by atoms with Gasteiger partial charge in [0.2, 0.25) is 0 Å². The Hall–Kier alpha value is -3.24. The SMILES string of the molecule is C[Si]1(C)c2ccccc2N2c3[se]c(C=C4C(=O)c5ccccc5C4=O)cc3C3(c4cccc1c42)C1CC2CC(C1)CC3C2. The molecule has 4 fully saturated rings. The first kappa shape index (κ1) is 25.1. The average Bonchev–Trinajstić information content (AvgIpc) is 3.53. The summed E-state index contributed by atoms with van der Waals surface area (Å²) in [7, 11) is -1.93. The van der Waals surface area contributed by atoms with Gasteiger partial charge in [-0.05, 0) is 0 Å². The van der Waals surface area contributed by atoms with Crippen LogP contribution in [0.3, 0.4) is 0 Å². The fourth-order valence-electron chi connectivity index (χ4n) is 10.7. The number of hydrogen-bond acceptors (Lipinski definition) is 3.